The summed E-state index contributed by atoms with van der Waals surface area (Å²) in [7, 11) is -3.38. The summed E-state index contributed by atoms with van der Waals surface area (Å²) in [5, 5.41) is 0.573. The largest absolute Gasteiger partial charge is 0.462 e. The van der Waals surface area contributed by atoms with E-state index in [0.717, 1.165) is 64.2 Å². The normalized spacial score (nSPS) is 11.2. The van der Waals surface area contributed by atoms with Crippen molar-refractivity contribution >= 4 is 24.8 Å². The lowest BCUT2D eigenvalue weighted by Gasteiger charge is -2.19. The predicted octanol–water partition coefficient (Wildman–Crippen LogP) is 6.68. The van der Waals surface area contributed by atoms with E-state index in [1.807, 2.05) is 18.2 Å². The van der Waals surface area contributed by atoms with Crippen molar-refractivity contribution in [3.63, 3.8) is 0 Å². The van der Waals surface area contributed by atoms with Gasteiger partial charge in [0.25, 0.3) is 0 Å². The van der Waals surface area contributed by atoms with Crippen molar-refractivity contribution in [1.82, 2.24) is 0 Å². The maximum Gasteiger partial charge on any atom is 0.361 e. The zero-order valence-corrected chi connectivity index (χ0v) is 22.9. The second-order valence-electron chi connectivity index (χ2n) is 8.87. The molecule has 1 rings (SSSR count). The highest BCUT2D eigenvalue weighted by molar-refractivity contribution is 7.62. The fourth-order valence-electron chi connectivity index (χ4n) is 3.21. The summed E-state index contributed by atoms with van der Waals surface area (Å²) < 4.78 is 35.2. The molecule has 36 heavy (non-hydrogen) atoms. The molecule has 0 aliphatic rings. The Hall–Kier alpha value is -2.21. The highest BCUT2D eigenvalue weighted by Gasteiger charge is 2.27. The second kappa shape index (κ2) is 19.0. The average Bonchev–Trinajstić information content (AvgIpc) is 2.86. The Morgan fingerprint density at radius 3 is 1.39 bits per heavy atom. The third-order valence-electron chi connectivity index (χ3n) is 5.34. The first-order chi connectivity index (χ1) is 17.3. The highest BCUT2D eigenvalue weighted by Crippen LogP contribution is 2.47. The fraction of sp³-hybridized carbons (Fsp3) is 0.571. The second-order valence-corrected chi connectivity index (χ2v) is 10.9. The van der Waals surface area contributed by atoms with Crippen LogP contribution >= 0.6 is 7.60 Å². The summed E-state index contributed by atoms with van der Waals surface area (Å²) in [5.74, 6) is -0.691. The molecule has 8 heteroatoms. The topological polar surface area (TPSA) is 88.1 Å². The van der Waals surface area contributed by atoms with Crippen LogP contribution in [0.5, 0.6) is 0 Å². The molecule has 0 fully saturated rings. The minimum absolute atomic E-state index is 0.346. The monoisotopic (exact) mass is 522 g/mol. The van der Waals surface area contributed by atoms with E-state index in [0.29, 0.717) is 42.9 Å². The number of carbonyl (C=O) groups excluding carboxylic acids is 2. The summed E-state index contributed by atoms with van der Waals surface area (Å²) in [6.45, 7) is 11.9. The first kappa shape index (κ1) is 31.8. The molecule has 0 heterocycles. The number of hydrogen-bond donors (Lipinski definition) is 0. The highest BCUT2D eigenvalue weighted by atomic mass is 31.2. The Labute approximate surface area is 216 Å². The summed E-state index contributed by atoms with van der Waals surface area (Å²) in [6, 6.07) is 9.08. The Morgan fingerprint density at radius 2 is 1.00 bits per heavy atom. The van der Waals surface area contributed by atoms with E-state index < -0.39 is 7.60 Å². The van der Waals surface area contributed by atoms with Crippen LogP contribution in [0, 0.1) is 0 Å². The molecule has 0 spiro atoms. The minimum Gasteiger partial charge on any atom is -0.462 e. The van der Waals surface area contributed by atoms with Crippen molar-refractivity contribution in [2.45, 2.75) is 78.1 Å². The molecule has 7 nitrogen and oxygen atoms in total. The lowest BCUT2D eigenvalue weighted by atomic mass is 10.1. The molecule has 0 bridgehead atoms. The van der Waals surface area contributed by atoms with Gasteiger partial charge in [0.05, 0.1) is 31.7 Å². The van der Waals surface area contributed by atoms with E-state index in [1.165, 1.54) is 0 Å². The van der Waals surface area contributed by atoms with Crippen molar-refractivity contribution in [2.75, 3.05) is 26.4 Å². The van der Waals surface area contributed by atoms with Gasteiger partial charge < -0.3 is 18.5 Å². The molecule has 1 aromatic carbocycles. The lowest BCUT2D eigenvalue weighted by Crippen LogP contribution is -2.11. The molecular weight excluding hydrogens is 479 g/mol. The molecule has 0 aliphatic heterocycles. The summed E-state index contributed by atoms with van der Waals surface area (Å²) >= 11 is 0. The number of hydrogen-bond acceptors (Lipinski definition) is 7. The Bertz CT molecular complexity index is 803. The molecule has 0 N–H and O–H groups in total. The fourth-order valence-corrected chi connectivity index (χ4v) is 4.86. The first-order valence-corrected chi connectivity index (χ1v) is 14.4. The quantitative estimate of drug-likeness (QED) is 0.0770. The van der Waals surface area contributed by atoms with E-state index in [9.17, 15) is 14.2 Å². The van der Waals surface area contributed by atoms with Crippen LogP contribution in [0.4, 0.5) is 0 Å². The Kier molecular flexibility index (Phi) is 16.8. The molecule has 202 valence electrons. The van der Waals surface area contributed by atoms with Gasteiger partial charge in [-0.05, 0) is 51.7 Å². The van der Waals surface area contributed by atoms with Gasteiger partial charge in [-0.25, -0.2) is 9.59 Å². The van der Waals surface area contributed by atoms with Crippen molar-refractivity contribution in [2.24, 2.45) is 0 Å². The van der Waals surface area contributed by atoms with Crippen LogP contribution in [-0.4, -0.2) is 38.4 Å². The van der Waals surface area contributed by atoms with Crippen LogP contribution in [-0.2, 0) is 32.7 Å². The van der Waals surface area contributed by atoms with Crippen LogP contribution in [0.15, 0.2) is 54.6 Å². The van der Waals surface area contributed by atoms with E-state index in [1.54, 1.807) is 26.0 Å². The number of unbranched alkanes of at least 4 members (excludes halogenated alkanes) is 8. The van der Waals surface area contributed by atoms with Gasteiger partial charge >= 0.3 is 19.5 Å². The van der Waals surface area contributed by atoms with Crippen molar-refractivity contribution < 1.29 is 32.7 Å². The number of rotatable bonds is 21. The van der Waals surface area contributed by atoms with Crippen molar-refractivity contribution in [3.8, 4) is 0 Å². The summed E-state index contributed by atoms with van der Waals surface area (Å²) in [4.78, 5) is 22.7. The number of carbonyl (C=O) groups is 2. The number of esters is 2. The Balaban J connectivity index is 2.24. The molecule has 0 atom stereocenters. The zero-order valence-electron chi connectivity index (χ0n) is 22.0. The standard InChI is InChI=1S/C28H43O7P/c1-24(2)27(29)32-20-14-7-5-9-16-22-34-36(31,26-18-12-11-13-19-26)35-23-17-10-6-8-15-21-33-28(30)25(3)4/h11-13,18-19H,1,3,5-10,14-17,20-23H2,2,4H3. The summed E-state index contributed by atoms with van der Waals surface area (Å²) in [6.07, 6.45) is 8.92. The molecule has 0 radical (unpaired) electrons. The van der Waals surface area contributed by atoms with Gasteiger partial charge in [0.15, 0.2) is 0 Å². The minimum atomic E-state index is -3.38. The van der Waals surface area contributed by atoms with Crippen LogP contribution in [0.25, 0.3) is 0 Å². The SMILES string of the molecule is C=C(C)C(=O)OCCCCCCCOP(=O)(OCCCCCCCOC(=O)C(=C)C)c1ccccc1. The van der Waals surface area contributed by atoms with E-state index in [2.05, 4.69) is 13.2 Å². The molecule has 0 aliphatic carbocycles. The van der Waals surface area contributed by atoms with Crippen LogP contribution in [0.1, 0.15) is 78.1 Å². The third kappa shape index (κ3) is 14.4. The van der Waals surface area contributed by atoms with Gasteiger partial charge in [0, 0.05) is 11.1 Å². The molecule has 0 aromatic heterocycles. The van der Waals surface area contributed by atoms with Crippen LogP contribution in [0.2, 0.25) is 0 Å². The van der Waals surface area contributed by atoms with E-state index >= 15 is 0 Å². The maximum atomic E-state index is 13.4. The Morgan fingerprint density at radius 1 is 0.639 bits per heavy atom. The van der Waals surface area contributed by atoms with Gasteiger partial charge in [-0.15, -0.1) is 0 Å². The molecule has 0 saturated heterocycles. The van der Waals surface area contributed by atoms with E-state index in [4.69, 9.17) is 18.5 Å². The van der Waals surface area contributed by atoms with E-state index in [-0.39, 0.29) is 11.9 Å². The molecule has 0 saturated carbocycles. The molecular formula is C28H43O7P. The van der Waals surface area contributed by atoms with Crippen molar-refractivity contribution in [3.05, 3.63) is 54.6 Å². The number of benzene rings is 1. The lowest BCUT2D eigenvalue weighted by molar-refractivity contribution is -0.139. The third-order valence-corrected chi connectivity index (χ3v) is 7.31. The summed E-state index contributed by atoms with van der Waals surface area (Å²) in [5.41, 5.74) is 0.826. The predicted molar refractivity (Wildman–Crippen MR) is 143 cm³/mol. The average molecular weight is 523 g/mol. The smallest absolute Gasteiger partial charge is 0.361 e. The maximum absolute atomic E-state index is 13.4. The molecule has 0 unspecified atom stereocenters. The molecule has 0 amide bonds. The van der Waals surface area contributed by atoms with Crippen LogP contribution in [0.3, 0.4) is 0 Å². The van der Waals surface area contributed by atoms with Crippen LogP contribution < -0.4 is 5.30 Å². The van der Waals surface area contributed by atoms with Gasteiger partial charge in [-0.2, -0.15) is 0 Å². The number of ether oxygens (including phenoxy) is 2. The van der Waals surface area contributed by atoms with Gasteiger partial charge in [-0.3, -0.25) is 4.57 Å². The zero-order chi connectivity index (χ0) is 26.7. The molecule has 1 aromatic rings. The van der Waals surface area contributed by atoms with Gasteiger partial charge in [0.1, 0.15) is 0 Å². The van der Waals surface area contributed by atoms with Crippen molar-refractivity contribution in [1.29, 1.82) is 0 Å². The first-order valence-electron chi connectivity index (χ1n) is 12.9. The van der Waals surface area contributed by atoms with Gasteiger partial charge in [-0.1, -0.05) is 69.9 Å². The van der Waals surface area contributed by atoms with Gasteiger partial charge in [0.2, 0.25) is 0 Å².